The van der Waals surface area contributed by atoms with Crippen LogP contribution in [-0.2, 0) is 4.79 Å². The minimum absolute atomic E-state index is 0.0897. The number of rotatable bonds is 2. The molecule has 0 bridgehead atoms. The maximum Gasteiger partial charge on any atom is 0.264 e. The van der Waals surface area contributed by atoms with Gasteiger partial charge in [0.1, 0.15) is 0 Å². The Labute approximate surface area is 183 Å². The zero-order chi connectivity index (χ0) is 21.6. The number of amidine groups is 1. The molecule has 2 aromatic rings. The molecule has 0 spiro atoms. The molecule has 2 aromatic carbocycles. The zero-order valence-corrected chi connectivity index (χ0v) is 19.4. The van der Waals surface area contributed by atoms with Gasteiger partial charge >= 0.3 is 0 Å². The lowest BCUT2D eigenvalue weighted by molar-refractivity contribution is -0.115. The number of nitrogens with zero attached hydrogens (tertiary/aromatic N) is 2. The van der Waals surface area contributed by atoms with E-state index in [1.807, 2.05) is 18.2 Å². The molecule has 0 saturated carbocycles. The van der Waals surface area contributed by atoms with Crippen molar-refractivity contribution in [3.63, 3.8) is 0 Å². The summed E-state index contributed by atoms with van der Waals surface area (Å²) < 4.78 is 0. The fraction of sp³-hybridized carbons (Fsp3) is 0.360. The first-order valence-electron chi connectivity index (χ1n) is 10.4. The number of nitrogens with one attached hydrogen (secondary N) is 1. The Kier molecular flexibility index (Phi) is 5.27. The van der Waals surface area contributed by atoms with Crippen LogP contribution in [0.2, 0.25) is 0 Å². The van der Waals surface area contributed by atoms with Crippen molar-refractivity contribution in [3.05, 3.63) is 63.6 Å². The van der Waals surface area contributed by atoms with E-state index in [1.54, 1.807) is 0 Å². The molecule has 1 saturated heterocycles. The average molecular weight is 420 g/mol. The second-order valence-corrected chi connectivity index (χ2v) is 10.0. The fourth-order valence-electron chi connectivity index (χ4n) is 4.28. The summed E-state index contributed by atoms with van der Waals surface area (Å²) in [5.74, 6) is 0.393. The number of aryl methyl sites for hydroxylation is 1. The van der Waals surface area contributed by atoms with Gasteiger partial charge in [0.15, 0.2) is 5.17 Å². The van der Waals surface area contributed by atoms with Crippen molar-refractivity contribution in [2.75, 3.05) is 11.9 Å². The van der Waals surface area contributed by atoms with E-state index >= 15 is 0 Å². The molecule has 0 aliphatic carbocycles. The molecule has 0 radical (unpaired) electrons. The number of anilines is 1. The molecule has 5 heteroatoms. The molecular formula is C25H29N3OS. The SMILES string of the molecule is Cc1cccc(N=C2NC(=O)/C(=C/c3ccc4c(c3)[C@@H](C)CC(C)(C)N4C)S2)c1C. The molecule has 30 heavy (non-hydrogen) atoms. The molecule has 1 amide bonds. The van der Waals surface area contributed by atoms with E-state index in [4.69, 9.17) is 0 Å². The lowest BCUT2D eigenvalue weighted by Crippen LogP contribution is -2.45. The molecule has 0 aromatic heterocycles. The van der Waals surface area contributed by atoms with Gasteiger partial charge in [0.25, 0.3) is 5.91 Å². The van der Waals surface area contributed by atoms with Crippen LogP contribution >= 0.6 is 11.8 Å². The summed E-state index contributed by atoms with van der Waals surface area (Å²) in [7, 11) is 2.17. The molecule has 1 fully saturated rings. The Morgan fingerprint density at radius 1 is 1.23 bits per heavy atom. The lowest BCUT2D eigenvalue weighted by atomic mass is 9.80. The van der Waals surface area contributed by atoms with E-state index in [-0.39, 0.29) is 11.4 Å². The highest BCUT2D eigenvalue weighted by molar-refractivity contribution is 8.18. The number of hydrogen-bond donors (Lipinski definition) is 1. The average Bonchev–Trinajstić information content (AvgIpc) is 3.02. The van der Waals surface area contributed by atoms with Crippen molar-refractivity contribution < 1.29 is 4.79 Å². The summed E-state index contributed by atoms with van der Waals surface area (Å²) >= 11 is 1.40. The van der Waals surface area contributed by atoms with Gasteiger partial charge in [-0.1, -0.05) is 25.1 Å². The molecule has 4 rings (SSSR count). The van der Waals surface area contributed by atoms with Gasteiger partial charge in [-0.3, -0.25) is 4.79 Å². The normalized spacial score (nSPS) is 23.1. The third-order valence-electron chi connectivity index (χ3n) is 6.40. The minimum atomic E-state index is -0.0897. The maximum absolute atomic E-state index is 12.5. The van der Waals surface area contributed by atoms with Gasteiger partial charge in [-0.25, -0.2) is 4.99 Å². The molecule has 1 atom stereocenters. The summed E-state index contributed by atoms with van der Waals surface area (Å²) in [5, 5.41) is 3.54. The number of benzene rings is 2. The highest BCUT2D eigenvalue weighted by Gasteiger charge is 2.34. The van der Waals surface area contributed by atoms with Gasteiger partial charge in [0.05, 0.1) is 10.6 Å². The number of hydrogen-bond acceptors (Lipinski definition) is 4. The van der Waals surface area contributed by atoms with Crippen LogP contribution in [0.3, 0.4) is 0 Å². The first-order chi connectivity index (χ1) is 14.2. The van der Waals surface area contributed by atoms with E-state index < -0.39 is 0 Å². The van der Waals surface area contributed by atoms with Crippen molar-refractivity contribution in [2.45, 2.75) is 52.5 Å². The number of amides is 1. The number of aliphatic imine (C=N–C) groups is 1. The van der Waals surface area contributed by atoms with E-state index in [2.05, 4.69) is 81.1 Å². The highest BCUT2D eigenvalue weighted by Crippen LogP contribution is 2.43. The molecule has 0 unspecified atom stereocenters. The van der Waals surface area contributed by atoms with Crippen LogP contribution in [0.15, 0.2) is 46.3 Å². The fourth-order valence-corrected chi connectivity index (χ4v) is 5.12. The number of thioether (sulfide) groups is 1. The van der Waals surface area contributed by atoms with Gasteiger partial charge < -0.3 is 10.2 Å². The van der Waals surface area contributed by atoms with Crippen LogP contribution in [-0.4, -0.2) is 23.7 Å². The quantitative estimate of drug-likeness (QED) is 0.615. The topological polar surface area (TPSA) is 44.7 Å². The van der Waals surface area contributed by atoms with E-state index in [0.717, 1.165) is 23.2 Å². The molecule has 2 aliphatic rings. The van der Waals surface area contributed by atoms with E-state index in [0.29, 0.717) is 16.0 Å². The summed E-state index contributed by atoms with van der Waals surface area (Å²) in [6.45, 7) is 11.0. The van der Waals surface area contributed by atoms with Crippen molar-refractivity contribution in [1.29, 1.82) is 0 Å². The Morgan fingerprint density at radius 2 is 2.00 bits per heavy atom. The van der Waals surface area contributed by atoms with Gasteiger partial charge in [-0.2, -0.15) is 0 Å². The third kappa shape index (κ3) is 3.79. The smallest absolute Gasteiger partial charge is 0.264 e. The van der Waals surface area contributed by atoms with Crippen molar-refractivity contribution in [1.82, 2.24) is 5.32 Å². The minimum Gasteiger partial charge on any atom is -0.369 e. The molecule has 4 nitrogen and oxygen atoms in total. The maximum atomic E-state index is 12.5. The predicted molar refractivity (Wildman–Crippen MR) is 129 cm³/mol. The van der Waals surface area contributed by atoms with Gasteiger partial charge in [-0.05, 0) is 98.3 Å². The Bertz CT molecular complexity index is 1080. The lowest BCUT2D eigenvalue weighted by Gasteiger charge is -2.45. The molecule has 156 valence electrons. The van der Waals surface area contributed by atoms with Gasteiger partial charge in [0.2, 0.25) is 0 Å². The molecule has 2 heterocycles. The largest absolute Gasteiger partial charge is 0.369 e. The number of carbonyl (C=O) groups excluding carboxylic acids is 1. The summed E-state index contributed by atoms with van der Waals surface area (Å²) in [6.07, 6.45) is 3.08. The van der Waals surface area contributed by atoms with Crippen LogP contribution in [0.1, 0.15) is 55.4 Å². The van der Waals surface area contributed by atoms with Gasteiger partial charge in [-0.15, -0.1) is 0 Å². The predicted octanol–water partition coefficient (Wildman–Crippen LogP) is 5.92. The molecule has 1 N–H and O–H groups in total. The van der Waals surface area contributed by atoms with Crippen LogP contribution in [0, 0.1) is 13.8 Å². The van der Waals surface area contributed by atoms with Crippen molar-refractivity contribution in [2.24, 2.45) is 4.99 Å². The van der Waals surface area contributed by atoms with Crippen LogP contribution in [0.25, 0.3) is 6.08 Å². The summed E-state index contributed by atoms with van der Waals surface area (Å²) in [5.41, 5.74) is 7.05. The highest BCUT2D eigenvalue weighted by atomic mass is 32.2. The Hall–Kier alpha value is -2.53. The third-order valence-corrected chi connectivity index (χ3v) is 7.31. The second-order valence-electron chi connectivity index (χ2n) is 9.00. The number of fused-ring (bicyclic) bond motifs is 1. The van der Waals surface area contributed by atoms with Crippen LogP contribution < -0.4 is 10.2 Å². The van der Waals surface area contributed by atoms with Crippen molar-refractivity contribution in [3.8, 4) is 0 Å². The Morgan fingerprint density at radius 3 is 2.77 bits per heavy atom. The van der Waals surface area contributed by atoms with Crippen LogP contribution in [0.5, 0.6) is 0 Å². The van der Waals surface area contributed by atoms with Gasteiger partial charge in [0, 0.05) is 18.3 Å². The first kappa shape index (κ1) is 20.7. The second kappa shape index (κ2) is 7.62. The molecular weight excluding hydrogens is 390 g/mol. The summed E-state index contributed by atoms with van der Waals surface area (Å²) in [4.78, 5) is 20.2. The zero-order valence-electron chi connectivity index (χ0n) is 18.5. The Balaban J connectivity index is 1.62. The molecule has 2 aliphatic heterocycles. The van der Waals surface area contributed by atoms with E-state index in [1.165, 1.54) is 28.6 Å². The number of carbonyl (C=O) groups is 1. The monoisotopic (exact) mass is 419 g/mol. The van der Waals surface area contributed by atoms with E-state index in [9.17, 15) is 4.79 Å². The first-order valence-corrected chi connectivity index (χ1v) is 11.2. The van der Waals surface area contributed by atoms with Crippen LogP contribution in [0.4, 0.5) is 11.4 Å². The summed E-state index contributed by atoms with van der Waals surface area (Å²) in [6, 6.07) is 12.6. The standard InChI is InChI=1S/C25H29N3OS/c1-15-8-7-9-20(17(15)3)26-24-27-23(29)22(30-24)13-18-10-11-21-19(12-18)16(2)14-25(4,5)28(21)6/h7-13,16H,14H2,1-6H3,(H,26,27,29)/b22-13-/t16-/m0/s1. The van der Waals surface area contributed by atoms with Crippen molar-refractivity contribution >= 4 is 40.3 Å².